The molecule has 4 heteroatoms. The lowest BCUT2D eigenvalue weighted by atomic mass is 9.93. The minimum atomic E-state index is 0.126. The zero-order valence-electron chi connectivity index (χ0n) is 14.2. The third-order valence-corrected chi connectivity index (χ3v) is 4.67. The number of methoxy groups -OCH3 is 1. The fraction of sp³-hybridized carbons (Fsp3) is 0.450. The van der Waals surface area contributed by atoms with Gasteiger partial charge in [0, 0.05) is 18.4 Å². The maximum absolute atomic E-state index is 12.2. The SMILES string of the molecule is COc1ccc(CCCCC(=O)NC2CCCc3occc32)cc1. The van der Waals surface area contributed by atoms with Crippen LogP contribution in [0.1, 0.15) is 55.0 Å². The van der Waals surface area contributed by atoms with Gasteiger partial charge in [0.05, 0.1) is 19.4 Å². The van der Waals surface area contributed by atoms with E-state index < -0.39 is 0 Å². The summed E-state index contributed by atoms with van der Waals surface area (Å²) in [5, 5.41) is 3.16. The van der Waals surface area contributed by atoms with Crippen molar-refractivity contribution in [2.75, 3.05) is 7.11 Å². The molecule has 24 heavy (non-hydrogen) atoms. The van der Waals surface area contributed by atoms with Gasteiger partial charge in [-0.2, -0.15) is 0 Å². The zero-order valence-corrected chi connectivity index (χ0v) is 14.2. The van der Waals surface area contributed by atoms with Crippen LogP contribution < -0.4 is 10.1 Å². The van der Waals surface area contributed by atoms with Gasteiger partial charge in [-0.25, -0.2) is 0 Å². The fourth-order valence-electron chi connectivity index (χ4n) is 3.31. The highest BCUT2D eigenvalue weighted by Crippen LogP contribution is 2.30. The summed E-state index contributed by atoms with van der Waals surface area (Å²) in [4.78, 5) is 12.2. The van der Waals surface area contributed by atoms with E-state index in [1.807, 2.05) is 18.2 Å². The van der Waals surface area contributed by atoms with Crippen molar-refractivity contribution in [1.29, 1.82) is 0 Å². The number of amides is 1. The molecule has 4 nitrogen and oxygen atoms in total. The number of benzene rings is 1. The average molecular weight is 327 g/mol. The molecule has 1 aliphatic carbocycles. The van der Waals surface area contributed by atoms with Gasteiger partial charge in [0.25, 0.3) is 0 Å². The molecular weight excluding hydrogens is 302 g/mol. The van der Waals surface area contributed by atoms with E-state index in [9.17, 15) is 4.79 Å². The van der Waals surface area contributed by atoms with Crippen molar-refractivity contribution >= 4 is 5.91 Å². The summed E-state index contributed by atoms with van der Waals surface area (Å²) in [6.07, 6.45) is 8.28. The molecule has 1 heterocycles. The Morgan fingerprint density at radius 2 is 2.08 bits per heavy atom. The highest BCUT2D eigenvalue weighted by molar-refractivity contribution is 5.76. The molecule has 0 fully saturated rings. The van der Waals surface area contributed by atoms with Crippen LogP contribution in [0.4, 0.5) is 0 Å². The molecule has 1 amide bonds. The third kappa shape index (κ3) is 4.19. The van der Waals surface area contributed by atoms with Crippen molar-refractivity contribution in [2.45, 2.75) is 51.0 Å². The summed E-state index contributed by atoms with van der Waals surface area (Å²) in [5.74, 6) is 2.05. The molecule has 0 bridgehead atoms. The topological polar surface area (TPSA) is 51.5 Å². The number of unbranched alkanes of at least 4 members (excludes halogenated alkanes) is 1. The van der Waals surface area contributed by atoms with E-state index in [1.54, 1.807) is 13.4 Å². The van der Waals surface area contributed by atoms with Gasteiger partial charge < -0.3 is 14.5 Å². The molecule has 1 N–H and O–H groups in total. The number of hydrogen-bond donors (Lipinski definition) is 1. The Morgan fingerprint density at radius 3 is 2.88 bits per heavy atom. The number of ether oxygens (including phenoxy) is 1. The standard InChI is InChI=1S/C20H25NO3/c1-23-16-11-9-15(10-12-16)5-2-3-8-20(22)21-18-6-4-7-19-17(18)13-14-24-19/h9-14,18H,2-8H2,1H3,(H,21,22). The Bertz CT molecular complexity index is 660. The number of rotatable bonds is 7. The largest absolute Gasteiger partial charge is 0.497 e. The molecule has 0 aliphatic heterocycles. The smallest absolute Gasteiger partial charge is 0.220 e. The first-order chi connectivity index (χ1) is 11.8. The van der Waals surface area contributed by atoms with Crippen LogP contribution in [0.15, 0.2) is 41.0 Å². The Hall–Kier alpha value is -2.23. The van der Waals surface area contributed by atoms with Crippen LogP contribution in [0.5, 0.6) is 5.75 Å². The van der Waals surface area contributed by atoms with Gasteiger partial charge in [0.15, 0.2) is 0 Å². The zero-order chi connectivity index (χ0) is 16.8. The van der Waals surface area contributed by atoms with Crippen molar-refractivity contribution in [1.82, 2.24) is 5.32 Å². The monoisotopic (exact) mass is 327 g/mol. The van der Waals surface area contributed by atoms with Gasteiger partial charge in [-0.15, -0.1) is 0 Å². The van der Waals surface area contributed by atoms with Gasteiger partial charge in [-0.1, -0.05) is 12.1 Å². The quantitative estimate of drug-likeness (QED) is 0.776. The second-order valence-corrected chi connectivity index (χ2v) is 6.37. The van der Waals surface area contributed by atoms with Gasteiger partial charge in [0.1, 0.15) is 11.5 Å². The summed E-state index contributed by atoms with van der Waals surface area (Å²) < 4.78 is 10.6. The third-order valence-electron chi connectivity index (χ3n) is 4.67. The minimum absolute atomic E-state index is 0.126. The first kappa shape index (κ1) is 16.6. The highest BCUT2D eigenvalue weighted by atomic mass is 16.5. The average Bonchev–Trinajstić information content (AvgIpc) is 3.09. The lowest BCUT2D eigenvalue weighted by Gasteiger charge is -2.22. The summed E-state index contributed by atoms with van der Waals surface area (Å²) in [5.41, 5.74) is 2.44. The molecule has 1 aromatic carbocycles. The van der Waals surface area contributed by atoms with E-state index in [0.717, 1.165) is 55.6 Å². The number of carbonyl (C=O) groups is 1. The first-order valence-electron chi connectivity index (χ1n) is 8.75. The first-order valence-corrected chi connectivity index (χ1v) is 8.75. The van der Waals surface area contributed by atoms with E-state index in [2.05, 4.69) is 17.4 Å². The minimum Gasteiger partial charge on any atom is -0.497 e. The van der Waals surface area contributed by atoms with Crippen LogP contribution in [0, 0.1) is 0 Å². The Kier molecular flexibility index (Phi) is 5.57. The number of fused-ring (bicyclic) bond motifs is 1. The molecule has 0 spiro atoms. The van der Waals surface area contributed by atoms with Crippen molar-refractivity contribution in [2.24, 2.45) is 0 Å². The van der Waals surface area contributed by atoms with E-state index in [-0.39, 0.29) is 11.9 Å². The predicted molar refractivity (Wildman–Crippen MR) is 93.1 cm³/mol. The normalized spacial score (nSPS) is 16.5. The van der Waals surface area contributed by atoms with Gasteiger partial charge in [-0.3, -0.25) is 4.79 Å². The Balaban J connectivity index is 1.39. The lowest BCUT2D eigenvalue weighted by Crippen LogP contribution is -2.30. The number of furan rings is 1. The maximum atomic E-state index is 12.2. The second kappa shape index (κ2) is 8.04. The van der Waals surface area contributed by atoms with Gasteiger partial charge in [-0.05, 0) is 55.9 Å². The number of hydrogen-bond acceptors (Lipinski definition) is 3. The molecule has 3 rings (SSSR count). The van der Waals surface area contributed by atoms with Crippen LogP contribution in [0.25, 0.3) is 0 Å². The summed E-state index contributed by atoms with van der Waals surface area (Å²) in [6, 6.07) is 10.2. The number of carbonyl (C=O) groups excluding carboxylic acids is 1. The van der Waals surface area contributed by atoms with Crippen molar-refractivity contribution in [3.05, 3.63) is 53.5 Å². The molecular formula is C20H25NO3. The van der Waals surface area contributed by atoms with E-state index in [0.29, 0.717) is 6.42 Å². The second-order valence-electron chi connectivity index (χ2n) is 6.37. The predicted octanol–water partition coefficient (Wildman–Crippen LogP) is 4.19. The highest BCUT2D eigenvalue weighted by Gasteiger charge is 2.23. The summed E-state index contributed by atoms with van der Waals surface area (Å²) in [7, 11) is 1.67. The fourth-order valence-corrected chi connectivity index (χ4v) is 3.31. The van der Waals surface area contributed by atoms with Crippen LogP contribution in [-0.2, 0) is 17.6 Å². The maximum Gasteiger partial charge on any atom is 0.220 e. The van der Waals surface area contributed by atoms with Gasteiger partial charge in [0.2, 0.25) is 5.91 Å². The van der Waals surface area contributed by atoms with Crippen LogP contribution >= 0.6 is 0 Å². The van der Waals surface area contributed by atoms with E-state index >= 15 is 0 Å². The Morgan fingerprint density at radius 1 is 1.25 bits per heavy atom. The lowest BCUT2D eigenvalue weighted by molar-refractivity contribution is -0.122. The molecule has 1 unspecified atom stereocenters. The van der Waals surface area contributed by atoms with Crippen LogP contribution in [0.3, 0.4) is 0 Å². The molecule has 0 radical (unpaired) electrons. The molecule has 1 aromatic heterocycles. The molecule has 0 saturated heterocycles. The van der Waals surface area contributed by atoms with Crippen molar-refractivity contribution < 1.29 is 13.9 Å². The molecule has 1 atom stereocenters. The van der Waals surface area contributed by atoms with Gasteiger partial charge >= 0.3 is 0 Å². The summed E-state index contributed by atoms with van der Waals surface area (Å²) in [6.45, 7) is 0. The van der Waals surface area contributed by atoms with Crippen LogP contribution in [-0.4, -0.2) is 13.0 Å². The molecule has 2 aromatic rings. The van der Waals surface area contributed by atoms with Crippen molar-refractivity contribution in [3.8, 4) is 5.75 Å². The number of nitrogens with one attached hydrogen (secondary N) is 1. The molecule has 1 aliphatic rings. The van der Waals surface area contributed by atoms with Crippen molar-refractivity contribution in [3.63, 3.8) is 0 Å². The molecule has 0 saturated carbocycles. The van der Waals surface area contributed by atoms with E-state index in [1.165, 1.54) is 5.56 Å². The Labute approximate surface area is 143 Å². The number of aryl methyl sites for hydroxylation is 2. The van der Waals surface area contributed by atoms with Crippen LogP contribution in [0.2, 0.25) is 0 Å². The molecule has 128 valence electrons. The summed E-state index contributed by atoms with van der Waals surface area (Å²) >= 11 is 0. The van der Waals surface area contributed by atoms with E-state index in [4.69, 9.17) is 9.15 Å².